The van der Waals surface area contributed by atoms with Crippen LogP contribution in [-0.4, -0.2) is 5.78 Å². The maximum atomic E-state index is 12.7. The van der Waals surface area contributed by atoms with Gasteiger partial charge in [-0.2, -0.15) is 13.2 Å². The first-order chi connectivity index (χ1) is 11.4. The van der Waals surface area contributed by atoms with Crippen molar-refractivity contribution in [1.29, 1.82) is 0 Å². The molecule has 0 radical (unpaired) electrons. The van der Waals surface area contributed by atoms with Gasteiger partial charge in [-0.3, -0.25) is 4.79 Å². The first-order valence-electron chi connectivity index (χ1n) is 7.72. The van der Waals surface area contributed by atoms with Gasteiger partial charge in [0.1, 0.15) is 5.78 Å². The van der Waals surface area contributed by atoms with Gasteiger partial charge in [-0.1, -0.05) is 42.2 Å². The lowest BCUT2D eigenvalue weighted by Crippen LogP contribution is -2.20. The van der Waals surface area contributed by atoms with Crippen molar-refractivity contribution in [2.24, 2.45) is 0 Å². The van der Waals surface area contributed by atoms with Gasteiger partial charge in [-0.05, 0) is 35.7 Å². The SMILES string of the molecule is O=C1CCc2ccccc2C1CC#Cc1cccc(C(F)(F)F)c1. The summed E-state index contributed by atoms with van der Waals surface area (Å²) in [6.07, 6.45) is -2.82. The van der Waals surface area contributed by atoms with E-state index < -0.39 is 11.7 Å². The van der Waals surface area contributed by atoms with Crippen LogP contribution in [0.25, 0.3) is 0 Å². The van der Waals surface area contributed by atoms with Crippen molar-refractivity contribution in [3.8, 4) is 11.8 Å². The molecular formula is C20H15F3O. The molecule has 3 rings (SSSR count). The first-order valence-corrected chi connectivity index (χ1v) is 7.72. The largest absolute Gasteiger partial charge is 0.416 e. The topological polar surface area (TPSA) is 17.1 Å². The van der Waals surface area contributed by atoms with Crippen LogP contribution in [0.3, 0.4) is 0 Å². The zero-order valence-corrected chi connectivity index (χ0v) is 12.9. The molecule has 0 aliphatic heterocycles. The third kappa shape index (κ3) is 3.51. The molecule has 0 spiro atoms. The second-order valence-corrected chi connectivity index (χ2v) is 5.80. The summed E-state index contributed by atoms with van der Waals surface area (Å²) in [5.41, 5.74) is 1.74. The van der Waals surface area contributed by atoms with E-state index in [4.69, 9.17) is 0 Å². The Morgan fingerprint density at radius 1 is 1.04 bits per heavy atom. The second kappa shape index (κ2) is 6.52. The van der Waals surface area contributed by atoms with Crippen LogP contribution in [0.4, 0.5) is 13.2 Å². The molecule has 0 bridgehead atoms. The van der Waals surface area contributed by atoms with E-state index in [9.17, 15) is 18.0 Å². The van der Waals surface area contributed by atoms with E-state index in [2.05, 4.69) is 11.8 Å². The Morgan fingerprint density at radius 3 is 2.62 bits per heavy atom. The molecular weight excluding hydrogens is 313 g/mol. The molecule has 0 saturated heterocycles. The van der Waals surface area contributed by atoms with Crippen molar-refractivity contribution in [2.75, 3.05) is 0 Å². The van der Waals surface area contributed by atoms with Gasteiger partial charge in [0, 0.05) is 18.4 Å². The summed E-state index contributed by atoms with van der Waals surface area (Å²) in [4.78, 5) is 12.2. The molecule has 1 nitrogen and oxygen atoms in total. The normalized spacial score (nSPS) is 17.0. The monoisotopic (exact) mass is 328 g/mol. The number of ketones is 1. The predicted molar refractivity (Wildman–Crippen MR) is 85.5 cm³/mol. The molecule has 1 atom stereocenters. The van der Waals surface area contributed by atoms with Crippen LogP contribution in [0.5, 0.6) is 0 Å². The molecule has 1 aliphatic carbocycles. The molecule has 1 aliphatic rings. The molecule has 0 amide bonds. The highest BCUT2D eigenvalue weighted by atomic mass is 19.4. The molecule has 2 aromatic carbocycles. The first kappa shape index (κ1) is 16.3. The van der Waals surface area contributed by atoms with Crippen LogP contribution in [-0.2, 0) is 17.4 Å². The number of fused-ring (bicyclic) bond motifs is 1. The van der Waals surface area contributed by atoms with Crippen LogP contribution in [0.15, 0.2) is 48.5 Å². The van der Waals surface area contributed by atoms with Crippen molar-refractivity contribution in [1.82, 2.24) is 0 Å². The van der Waals surface area contributed by atoms with E-state index in [-0.39, 0.29) is 11.7 Å². The fraction of sp³-hybridized carbons (Fsp3) is 0.250. The Kier molecular flexibility index (Phi) is 4.44. The summed E-state index contributed by atoms with van der Waals surface area (Å²) in [6, 6.07) is 12.7. The van der Waals surface area contributed by atoms with Gasteiger partial charge >= 0.3 is 6.18 Å². The third-order valence-corrected chi connectivity index (χ3v) is 4.19. The Bertz CT molecular complexity index is 825. The molecule has 2 aromatic rings. The fourth-order valence-electron chi connectivity index (χ4n) is 2.96. The number of carbonyl (C=O) groups is 1. The van der Waals surface area contributed by atoms with Crippen LogP contribution < -0.4 is 0 Å². The zero-order valence-electron chi connectivity index (χ0n) is 12.9. The van der Waals surface area contributed by atoms with Crippen molar-refractivity contribution in [3.63, 3.8) is 0 Å². The van der Waals surface area contributed by atoms with Crippen LogP contribution in [0.2, 0.25) is 0 Å². The summed E-state index contributed by atoms with van der Waals surface area (Å²) in [5, 5.41) is 0. The second-order valence-electron chi connectivity index (χ2n) is 5.80. The number of Topliss-reactive ketones (excluding diaryl/α,β-unsaturated/α-hetero) is 1. The van der Waals surface area contributed by atoms with Crippen LogP contribution in [0, 0.1) is 11.8 Å². The Balaban J connectivity index is 1.80. The predicted octanol–water partition coefficient (Wildman–Crippen LogP) is 4.75. The number of carbonyl (C=O) groups excluding carboxylic acids is 1. The van der Waals surface area contributed by atoms with Gasteiger partial charge < -0.3 is 0 Å². The lowest BCUT2D eigenvalue weighted by Gasteiger charge is -2.22. The van der Waals surface area contributed by atoms with Crippen LogP contribution in [0.1, 0.15) is 41.0 Å². The molecule has 4 heteroatoms. The number of benzene rings is 2. The number of hydrogen-bond acceptors (Lipinski definition) is 1. The Morgan fingerprint density at radius 2 is 1.83 bits per heavy atom. The molecule has 1 unspecified atom stereocenters. The molecule has 0 heterocycles. The number of aryl methyl sites for hydroxylation is 1. The maximum absolute atomic E-state index is 12.7. The van der Waals surface area contributed by atoms with Crippen molar-refractivity contribution >= 4 is 5.78 Å². The summed E-state index contributed by atoms with van der Waals surface area (Å²) in [5.74, 6) is 5.50. The lowest BCUT2D eigenvalue weighted by molar-refractivity contribution is -0.137. The third-order valence-electron chi connectivity index (χ3n) is 4.19. The summed E-state index contributed by atoms with van der Waals surface area (Å²) >= 11 is 0. The van der Waals surface area contributed by atoms with Gasteiger partial charge in [0.05, 0.1) is 11.5 Å². The average Bonchev–Trinajstić information content (AvgIpc) is 2.56. The van der Waals surface area contributed by atoms with Crippen molar-refractivity contribution < 1.29 is 18.0 Å². The summed E-state index contributed by atoms with van der Waals surface area (Å²) in [7, 11) is 0. The van der Waals surface area contributed by atoms with E-state index in [1.54, 1.807) is 6.07 Å². The molecule has 0 saturated carbocycles. The van der Waals surface area contributed by atoms with E-state index in [1.165, 1.54) is 6.07 Å². The van der Waals surface area contributed by atoms with Gasteiger partial charge in [0.15, 0.2) is 0 Å². The van der Waals surface area contributed by atoms with E-state index in [0.29, 0.717) is 18.4 Å². The summed E-state index contributed by atoms with van der Waals surface area (Å²) in [6.45, 7) is 0. The van der Waals surface area contributed by atoms with Gasteiger partial charge in [-0.15, -0.1) is 0 Å². The van der Waals surface area contributed by atoms with Gasteiger partial charge in [0.25, 0.3) is 0 Å². The zero-order chi connectivity index (χ0) is 17.2. The number of rotatable bonds is 1. The Hall–Kier alpha value is -2.54. The molecule has 0 aromatic heterocycles. The minimum atomic E-state index is -4.38. The number of halogens is 3. The van der Waals surface area contributed by atoms with E-state index in [1.807, 2.05) is 24.3 Å². The van der Waals surface area contributed by atoms with Crippen LogP contribution >= 0.6 is 0 Å². The smallest absolute Gasteiger partial charge is 0.299 e. The minimum absolute atomic E-state index is 0.145. The number of hydrogen-bond donors (Lipinski definition) is 0. The quantitative estimate of drug-likeness (QED) is 0.691. The van der Waals surface area contributed by atoms with Crippen molar-refractivity contribution in [3.05, 3.63) is 70.8 Å². The summed E-state index contributed by atoms with van der Waals surface area (Å²) < 4.78 is 38.1. The highest BCUT2D eigenvalue weighted by Gasteiger charge is 2.30. The van der Waals surface area contributed by atoms with Crippen molar-refractivity contribution in [2.45, 2.75) is 31.4 Å². The van der Waals surface area contributed by atoms with Gasteiger partial charge in [0.2, 0.25) is 0 Å². The Labute approximate surface area is 138 Å². The molecule has 122 valence electrons. The molecule has 24 heavy (non-hydrogen) atoms. The highest BCUT2D eigenvalue weighted by Crippen LogP contribution is 2.31. The van der Waals surface area contributed by atoms with E-state index in [0.717, 1.165) is 29.7 Å². The van der Waals surface area contributed by atoms with Gasteiger partial charge in [-0.25, -0.2) is 0 Å². The number of alkyl halides is 3. The minimum Gasteiger partial charge on any atom is -0.299 e. The average molecular weight is 328 g/mol. The molecule has 0 N–H and O–H groups in total. The fourth-order valence-corrected chi connectivity index (χ4v) is 2.96. The van der Waals surface area contributed by atoms with E-state index >= 15 is 0 Å². The lowest BCUT2D eigenvalue weighted by atomic mass is 9.80. The molecule has 0 fully saturated rings. The maximum Gasteiger partial charge on any atom is 0.416 e. The highest BCUT2D eigenvalue weighted by molar-refractivity contribution is 5.88. The standard InChI is InChI=1S/C20H15F3O/c21-20(22,23)16-8-3-5-14(13-16)6-4-10-18-17-9-2-1-7-15(17)11-12-19(18)24/h1-3,5,7-9,13,18H,10-12H2.